The first-order valence-electron chi connectivity index (χ1n) is 11.4. The average Bonchev–Trinajstić information content (AvgIpc) is 2.72. The fourth-order valence-electron chi connectivity index (χ4n) is 5.52. The summed E-state index contributed by atoms with van der Waals surface area (Å²) < 4.78 is 31.8. The topological polar surface area (TPSA) is 24.5 Å². The molecular formula is C24H38F2N2O. The normalized spacial score (nSPS) is 22.4. The van der Waals surface area contributed by atoms with Crippen LogP contribution in [-0.4, -0.2) is 43.7 Å². The van der Waals surface area contributed by atoms with E-state index in [9.17, 15) is 8.78 Å². The Bertz CT molecular complexity index is 632. The van der Waals surface area contributed by atoms with Crippen LogP contribution >= 0.6 is 0 Å². The lowest BCUT2D eigenvalue weighted by Gasteiger charge is -2.46. The van der Waals surface area contributed by atoms with E-state index < -0.39 is 6.11 Å². The molecule has 5 heteroatoms. The van der Waals surface area contributed by atoms with Crippen molar-refractivity contribution >= 4 is 0 Å². The summed E-state index contributed by atoms with van der Waals surface area (Å²) in [6, 6.07) is 8.13. The number of alkyl halides is 2. The van der Waals surface area contributed by atoms with Crippen LogP contribution < -0.4 is 10.1 Å². The predicted octanol–water partition coefficient (Wildman–Crippen LogP) is 5.81. The lowest BCUT2D eigenvalue weighted by atomic mass is 9.62. The van der Waals surface area contributed by atoms with Gasteiger partial charge in [0.2, 0.25) is 0 Å². The molecule has 3 rings (SSSR count). The maximum atomic E-state index is 13.4. The molecule has 0 radical (unpaired) electrons. The van der Waals surface area contributed by atoms with E-state index >= 15 is 0 Å². The van der Waals surface area contributed by atoms with Crippen LogP contribution in [0.3, 0.4) is 0 Å². The van der Waals surface area contributed by atoms with Gasteiger partial charge in [-0.05, 0) is 75.4 Å². The van der Waals surface area contributed by atoms with Gasteiger partial charge in [0.1, 0.15) is 5.75 Å². The van der Waals surface area contributed by atoms with E-state index in [2.05, 4.69) is 23.2 Å². The van der Waals surface area contributed by atoms with Crippen LogP contribution in [0.25, 0.3) is 0 Å². The fraction of sp³-hybridized carbons (Fsp3) is 0.750. The molecule has 3 nitrogen and oxygen atoms in total. The molecule has 0 amide bonds. The van der Waals surface area contributed by atoms with E-state index in [1.165, 1.54) is 44.9 Å². The summed E-state index contributed by atoms with van der Waals surface area (Å²) in [7, 11) is 2.05. The van der Waals surface area contributed by atoms with Gasteiger partial charge in [0.15, 0.2) is 0 Å². The molecule has 1 atom stereocenters. The zero-order valence-electron chi connectivity index (χ0n) is 18.4. The number of rotatable bonds is 8. The molecule has 1 heterocycles. The average molecular weight is 409 g/mol. The second kappa shape index (κ2) is 9.74. The molecule has 0 bridgehead atoms. The standard InChI is InChI=1S/C24H38F2N2O/c1-4-24(13-6-5-7-14-24)22(18-28-15-11-20(27-3)12-16-28)19-9-8-10-21(17-19)29-23(2,25)26/h8-10,17,20,22,27H,4-7,11-16,18H2,1-3H3. The zero-order chi connectivity index (χ0) is 20.9. The molecule has 1 unspecified atom stereocenters. The summed E-state index contributed by atoms with van der Waals surface area (Å²) in [4.78, 5) is 2.59. The summed E-state index contributed by atoms with van der Waals surface area (Å²) >= 11 is 0. The quantitative estimate of drug-likeness (QED) is 0.588. The number of ether oxygens (including phenoxy) is 1. The third-order valence-corrected chi connectivity index (χ3v) is 7.29. The van der Waals surface area contributed by atoms with Crippen molar-refractivity contribution in [1.82, 2.24) is 10.2 Å². The minimum absolute atomic E-state index is 0.255. The SMILES string of the molecule is CCC1(C(CN2CCC(NC)CC2)c2cccc(OC(C)(F)F)c2)CCCCC1. The lowest BCUT2D eigenvalue weighted by molar-refractivity contribution is -0.159. The van der Waals surface area contributed by atoms with Gasteiger partial charge in [0.05, 0.1) is 0 Å². The molecule has 1 aliphatic heterocycles. The minimum Gasteiger partial charge on any atom is -0.433 e. The number of hydrogen-bond donors (Lipinski definition) is 1. The van der Waals surface area contributed by atoms with Gasteiger partial charge < -0.3 is 15.0 Å². The molecule has 2 fully saturated rings. The summed E-state index contributed by atoms with van der Waals surface area (Å²) in [5.41, 5.74) is 1.41. The highest BCUT2D eigenvalue weighted by Crippen LogP contribution is 2.50. The van der Waals surface area contributed by atoms with Crippen LogP contribution in [0.2, 0.25) is 0 Å². The van der Waals surface area contributed by atoms with Gasteiger partial charge in [0, 0.05) is 25.4 Å². The maximum Gasteiger partial charge on any atom is 0.394 e. The molecule has 1 aromatic rings. The van der Waals surface area contributed by atoms with Crippen LogP contribution in [0.1, 0.15) is 76.7 Å². The summed E-state index contributed by atoms with van der Waals surface area (Å²) in [6.07, 6.45) is 6.65. The fourth-order valence-corrected chi connectivity index (χ4v) is 5.52. The van der Waals surface area contributed by atoms with Crippen molar-refractivity contribution in [2.45, 2.75) is 83.3 Å². The lowest BCUT2D eigenvalue weighted by Crippen LogP contribution is -2.45. The highest BCUT2D eigenvalue weighted by molar-refractivity contribution is 5.33. The van der Waals surface area contributed by atoms with Gasteiger partial charge in [-0.25, -0.2) is 0 Å². The Morgan fingerprint density at radius 2 is 1.90 bits per heavy atom. The monoisotopic (exact) mass is 408 g/mol. The summed E-state index contributed by atoms with van der Waals surface area (Å²) in [5, 5.41) is 3.41. The van der Waals surface area contributed by atoms with Crippen molar-refractivity contribution in [1.29, 1.82) is 0 Å². The molecule has 29 heavy (non-hydrogen) atoms. The first-order valence-corrected chi connectivity index (χ1v) is 11.4. The predicted molar refractivity (Wildman–Crippen MR) is 115 cm³/mol. The first-order chi connectivity index (χ1) is 13.8. The number of likely N-dealkylation sites (tertiary alicyclic amines) is 1. The van der Waals surface area contributed by atoms with E-state index in [1.54, 1.807) is 6.07 Å². The number of piperidine rings is 1. The van der Waals surface area contributed by atoms with Gasteiger partial charge >= 0.3 is 6.11 Å². The molecule has 1 saturated carbocycles. The van der Waals surface area contributed by atoms with Gasteiger partial charge in [-0.2, -0.15) is 8.78 Å². The number of benzene rings is 1. The molecular weight excluding hydrogens is 370 g/mol. The molecule has 0 spiro atoms. The van der Waals surface area contributed by atoms with Crippen LogP contribution in [-0.2, 0) is 0 Å². The highest BCUT2D eigenvalue weighted by atomic mass is 19.3. The van der Waals surface area contributed by atoms with Crippen molar-refractivity contribution in [3.8, 4) is 5.75 Å². The van der Waals surface area contributed by atoms with Crippen molar-refractivity contribution < 1.29 is 13.5 Å². The molecule has 0 aromatic heterocycles. The van der Waals surface area contributed by atoms with Crippen LogP contribution in [0.5, 0.6) is 5.75 Å². The summed E-state index contributed by atoms with van der Waals surface area (Å²) in [5.74, 6) is 0.629. The number of nitrogens with zero attached hydrogens (tertiary/aromatic N) is 1. The Hall–Kier alpha value is -1.20. The van der Waals surface area contributed by atoms with Gasteiger partial charge in [-0.3, -0.25) is 0 Å². The third kappa shape index (κ3) is 5.91. The van der Waals surface area contributed by atoms with Crippen LogP contribution in [0.4, 0.5) is 8.78 Å². The van der Waals surface area contributed by atoms with Gasteiger partial charge in [-0.15, -0.1) is 0 Å². The van der Waals surface area contributed by atoms with E-state index in [-0.39, 0.29) is 11.2 Å². The Kier molecular flexibility index (Phi) is 7.55. The largest absolute Gasteiger partial charge is 0.433 e. The Morgan fingerprint density at radius 1 is 1.21 bits per heavy atom. The van der Waals surface area contributed by atoms with Crippen LogP contribution in [0.15, 0.2) is 24.3 Å². The molecule has 1 N–H and O–H groups in total. The second-order valence-electron chi connectivity index (χ2n) is 9.18. The maximum absolute atomic E-state index is 13.4. The highest BCUT2D eigenvalue weighted by Gasteiger charge is 2.40. The smallest absolute Gasteiger partial charge is 0.394 e. The van der Waals surface area contributed by atoms with Crippen molar-refractivity contribution in [2.24, 2.45) is 5.41 Å². The molecule has 1 aliphatic carbocycles. The second-order valence-corrected chi connectivity index (χ2v) is 9.18. The molecule has 2 aliphatic rings. The van der Waals surface area contributed by atoms with Gasteiger partial charge in [0.25, 0.3) is 0 Å². The Morgan fingerprint density at radius 3 is 2.48 bits per heavy atom. The number of halogens is 2. The Balaban J connectivity index is 1.85. The van der Waals surface area contributed by atoms with Gasteiger partial charge in [-0.1, -0.05) is 38.3 Å². The number of nitrogens with one attached hydrogen (secondary N) is 1. The van der Waals surface area contributed by atoms with Crippen molar-refractivity contribution in [3.63, 3.8) is 0 Å². The zero-order valence-corrected chi connectivity index (χ0v) is 18.4. The minimum atomic E-state index is -3.16. The molecule has 164 valence electrons. The first kappa shape index (κ1) is 22.5. The summed E-state index contributed by atoms with van der Waals surface area (Å²) in [6.45, 7) is 6.33. The molecule has 1 aromatic carbocycles. The van der Waals surface area contributed by atoms with Crippen LogP contribution in [0, 0.1) is 5.41 Å². The Labute approximate surface area is 175 Å². The van der Waals surface area contributed by atoms with Crippen molar-refractivity contribution in [2.75, 3.05) is 26.7 Å². The van der Waals surface area contributed by atoms with E-state index in [4.69, 9.17) is 4.74 Å². The van der Waals surface area contributed by atoms with Crippen molar-refractivity contribution in [3.05, 3.63) is 29.8 Å². The van der Waals surface area contributed by atoms with E-state index in [0.717, 1.165) is 38.5 Å². The van der Waals surface area contributed by atoms with E-state index in [1.807, 2.05) is 19.2 Å². The number of hydrogen-bond acceptors (Lipinski definition) is 3. The van der Waals surface area contributed by atoms with E-state index in [0.29, 0.717) is 12.0 Å². The third-order valence-electron chi connectivity index (χ3n) is 7.29. The molecule has 1 saturated heterocycles.